The predicted molar refractivity (Wildman–Crippen MR) is 78.4 cm³/mol. The van der Waals surface area contributed by atoms with Crippen LogP contribution >= 0.6 is 11.6 Å². The number of anilines is 1. The summed E-state index contributed by atoms with van der Waals surface area (Å²) in [4.78, 5) is 18.5. The van der Waals surface area contributed by atoms with Gasteiger partial charge in [0.2, 0.25) is 0 Å². The molecule has 3 aromatic rings. The minimum absolute atomic E-state index is 0.0390. The fourth-order valence-corrected chi connectivity index (χ4v) is 2.05. The van der Waals surface area contributed by atoms with Gasteiger partial charge in [-0.1, -0.05) is 11.6 Å². The molecule has 0 bridgehead atoms. The van der Waals surface area contributed by atoms with E-state index in [2.05, 4.69) is 15.3 Å². The van der Waals surface area contributed by atoms with Crippen LogP contribution in [-0.2, 0) is 6.54 Å². The van der Waals surface area contributed by atoms with Crippen LogP contribution in [0, 0.1) is 10.1 Å². The van der Waals surface area contributed by atoms with Gasteiger partial charge in [-0.15, -0.1) is 0 Å². The Hall–Kier alpha value is -2.67. The molecule has 0 fully saturated rings. The minimum atomic E-state index is -0.483. The van der Waals surface area contributed by atoms with Crippen molar-refractivity contribution in [3.63, 3.8) is 0 Å². The van der Waals surface area contributed by atoms with Gasteiger partial charge < -0.3 is 9.72 Å². The van der Waals surface area contributed by atoms with Gasteiger partial charge in [0.1, 0.15) is 17.7 Å². The lowest BCUT2D eigenvalue weighted by atomic mass is 10.4. The largest absolute Gasteiger partial charge is 0.364 e. The molecule has 0 aliphatic heterocycles. The van der Waals surface area contributed by atoms with E-state index in [4.69, 9.17) is 11.6 Å². The normalized spacial score (nSPS) is 10.7. The second-order valence-corrected chi connectivity index (χ2v) is 4.79. The summed E-state index contributed by atoms with van der Waals surface area (Å²) in [6.07, 6.45) is 4.85. The molecule has 0 saturated carbocycles. The molecule has 0 amide bonds. The van der Waals surface area contributed by atoms with E-state index in [9.17, 15) is 10.1 Å². The zero-order valence-electron chi connectivity index (χ0n) is 10.7. The third-order valence-corrected chi connectivity index (χ3v) is 3.10. The quantitative estimate of drug-likeness (QED) is 0.591. The van der Waals surface area contributed by atoms with Gasteiger partial charge in [-0.25, -0.2) is 9.97 Å². The van der Waals surface area contributed by atoms with Gasteiger partial charge in [-0.05, 0) is 18.2 Å². The third-order valence-electron chi connectivity index (χ3n) is 2.87. The summed E-state index contributed by atoms with van der Waals surface area (Å²) in [5.74, 6) is 0.552. The topological polar surface area (TPSA) is 85.4 Å². The van der Waals surface area contributed by atoms with Crippen molar-refractivity contribution in [2.24, 2.45) is 0 Å². The third kappa shape index (κ3) is 2.92. The average Bonchev–Trinajstić information content (AvgIpc) is 2.87. The number of nitrogens with zero attached hydrogens (tertiary/aromatic N) is 4. The molecule has 3 aromatic heterocycles. The molecule has 106 valence electrons. The first-order valence-corrected chi connectivity index (χ1v) is 6.47. The standard InChI is InChI=1S/C13H10ClN5O2/c14-9-1-4-13-17-10(8-18(13)7-9)5-15-12-3-2-11(6-16-12)19(20)21/h1-4,6-8H,5H2,(H,15,16). The van der Waals surface area contributed by atoms with Gasteiger partial charge in [0.15, 0.2) is 0 Å². The summed E-state index contributed by atoms with van der Waals surface area (Å²) in [7, 11) is 0. The zero-order chi connectivity index (χ0) is 14.8. The maximum atomic E-state index is 10.5. The van der Waals surface area contributed by atoms with E-state index >= 15 is 0 Å². The molecule has 21 heavy (non-hydrogen) atoms. The lowest BCUT2D eigenvalue weighted by molar-refractivity contribution is -0.385. The number of nitrogens with one attached hydrogen (secondary N) is 1. The molecule has 1 N–H and O–H groups in total. The molecule has 0 atom stereocenters. The number of fused-ring (bicyclic) bond motifs is 1. The van der Waals surface area contributed by atoms with Crippen molar-refractivity contribution in [2.45, 2.75) is 6.54 Å². The number of aromatic nitrogens is 3. The van der Waals surface area contributed by atoms with Crippen LogP contribution in [0.3, 0.4) is 0 Å². The highest BCUT2D eigenvalue weighted by Gasteiger charge is 2.06. The highest BCUT2D eigenvalue weighted by atomic mass is 35.5. The maximum Gasteiger partial charge on any atom is 0.287 e. The number of halogens is 1. The first kappa shape index (κ1) is 13.3. The molecule has 7 nitrogen and oxygen atoms in total. The van der Waals surface area contributed by atoms with Crippen LogP contribution in [0.2, 0.25) is 5.02 Å². The fourth-order valence-electron chi connectivity index (χ4n) is 1.88. The Balaban J connectivity index is 1.72. The van der Waals surface area contributed by atoms with Crippen molar-refractivity contribution in [3.05, 3.63) is 63.7 Å². The molecule has 0 unspecified atom stereocenters. The number of rotatable bonds is 4. The molecule has 3 heterocycles. The second-order valence-electron chi connectivity index (χ2n) is 4.36. The minimum Gasteiger partial charge on any atom is -0.364 e. The van der Waals surface area contributed by atoms with Gasteiger partial charge in [-0.2, -0.15) is 0 Å². The Morgan fingerprint density at radius 3 is 2.86 bits per heavy atom. The molecule has 0 saturated heterocycles. The van der Waals surface area contributed by atoms with E-state index in [0.29, 0.717) is 17.4 Å². The number of nitro groups is 1. The van der Waals surface area contributed by atoms with Crippen LogP contribution in [0.5, 0.6) is 0 Å². The first-order valence-electron chi connectivity index (χ1n) is 6.09. The molecular formula is C13H10ClN5O2. The van der Waals surface area contributed by atoms with Gasteiger partial charge in [-0.3, -0.25) is 10.1 Å². The van der Waals surface area contributed by atoms with E-state index in [1.54, 1.807) is 18.3 Å². The Bertz CT molecular complexity index is 800. The summed E-state index contributed by atoms with van der Waals surface area (Å²) in [6.45, 7) is 0.462. The lowest BCUT2D eigenvalue weighted by Crippen LogP contribution is -2.01. The maximum absolute atomic E-state index is 10.5. The number of hydrogen-bond donors (Lipinski definition) is 1. The van der Waals surface area contributed by atoms with Crippen molar-refractivity contribution >= 4 is 28.8 Å². The van der Waals surface area contributed by atoms with E-state index in [1.165, 1.54) is 12.3 Å². The van der Waals surface area contributed by atoms with Crippen LogP contribution in [0.15, 0.2) is 42.9 Å². The molecule has 0 aliphatic rings. The molecule has 3 rings (SSSR count). The number of pyridine rings is 2. The molecule has 0 aromatic carbocycles. The Morgan fingerprint density at radius 2 is 2.14 bits per heavy atom. The van der Waals surface area contributed by atoms with Gasteiger partial charge >= 0.3 is 0 Å². The van der Waals surface area contributed by atoms with E-state index in [0.717, 1.165) is 11.3 Å². The van der Waals surface area contributed by atoms with E-state index in [-0.39, 0.29) is 5.69 Å². The Labute approximate surface area is 124 Å². The predicted octanol–water partition coefficient (Wildman–Crippen LogP) is 2.90. The summed E-state index contributed by atoms with van der Waals surface area (Å²) in [5.41, 5.74) is 1.58. The number of imidazole rings is 1. The summed E-state index contributed by atoms with van der Waals surface area (Å²) in [6, 6.07) is 6.57. The second kappa shape index (κ2) is 5.37. The molecule has 0 aliphatic carbocycles. The van der Waals surface area contributed by atoms with Crippen molar-refractivity contribution < 1.29 is 4.92 Å². The number of hydrogen-bond acceptors (Lipinski definition) is 5. The summed E-state index contributed by atoms with van der Waals surface area (Å²) >= 11 is 5.91. The SMILES string of the molecule is O=[N+]([O-])c1ccc(NCc2cn3cc(Cl)ccc3n2)nc1. The molecule has 0 spiro atoms. The van der Waals surface area contributed by atoms with Crippen LogP contribution < -0.4 is 5.32 Å². The van der Waals surface area contributed by atoms with Crippen molar-refractivity contribution in [2.75, 3.05) is 5.32 Å². The van der Waals surface area contributed by atoms with Crippen LogP contribution in [0.4, 0.5) is 11.5 Å². The molecule has 8 heteroatoms. The average molecular weight is 304 g/mol. The van der Waals surface area contributed by atoms with Crippen molar-refractivity contribution in [3.8, 4) is 0 Å². The summed E-state index contributed by atoms with van der Waals surface area (Å²) < 4.78 is 1.84. The molecular weight excluding hydrogens is 294 g/mol. The highest BCUT2D eigenvalue weighted by Crippen LogP contribution is 2.14. The molecule has 0 radical (unpaired) electrons. The Morgan fingerprint density at radius 1 is 1.29 bits per heavy atom. The van der Waals surface area contributed by atoms with E-state index in [1.807, 2.05) is 16.7 Å². The van der Waals surface area contributed by atoms with Crippen molar-refractivity contribution in [1.29, 1.82) is 0 Å². The summed E-state index contributed by atoms with van der Waals surface area (Å²) in [5, 5.41) is 14.2. The van der Waals surface area contributed by atoms with E-state index < -0.39 is 4.92 Å². The van der Waals surface area contributed by atoms with Crippen LogP contribution in [0.25, 0.3) is 5.65 Å². The fraction of sp³-hybridized carbons (Fsp3) is 0.0769. The highest BCUT2D eigenvalue weighted by molar-refractivity contribution is 6.30. The van der Waals surface area contributed by atoms with Gasteiger partial charge in [0.05, 0.1) is 22.2 Å². The van der Waals surface area contributed by atoms with Crippen LogP contribution in [-0.4, -0.2) is 19.3 Å². The lowest BCUT2D eigenvalue weighted by Gasteiger charge is -2.02. The Kier molecular flexibility index (Phi) is 3.41. The van der Waals surface area contributed by atoms with Crippen LogP contribution in [0.1, 0.15) is 5.69 Å². The van der Waals surface area contributed by atoms with Gasteiger partial charge in [0, 0.05) is 18.5 Å². The monoisotopic (exact) mass is 303 g/mol. The zero-order valence-corrected chi connectivity index (χ0v) is 11.5. The van der Waals surface area contributed by atoms with Crippen molar-refractivity contribution in [1.82, 2.24) is 14.4 Å². The van der Waals surface area contributed by atoms with Gasteiger partial charge in [0.25, 0.3) is 5.69 Å². The first-order chi connectivity index (χ1) is 10.1. The smallest absolute Gasteiger partial charge is 0.287 e.